The highest BCUT2D eigenvalue weighted by molar-refractivity contribution is 7.97. The zero-order chi connectivity index (χ0) is 30.1. The molecule has 5 rings (SSSR count). The minimum atomic E-state index is -4.32. The number of anilines is 2. The van der Waals surface area contributed by atoms with Gasteiger partial charge < -0.3 is 15.0 Å². The minimum absolute atomic E-state index is 0.129. The van der Waals surface area contributed by atoms with Gasteiger partial charge in [-0.25, -0.2) is 14.6 Å². The molecule has 42 heavy (non-hydrogen) atoms. The molecule has 0 aromatic carbocycles. The number of hydrogen-bond donors (Lipinski definition) is 2. The van der Waals surface area contributed by atoms with Gasteiger partial charge >= 0.3 is 6.18 Å². The Balaban J connectivity index is 1.41. The maximum atomic E-state index is 13.5. The third-order valence-corrected chi connectivity index (χ3v) is 8.66. The first-order chi connectivity index (χ1) is 19.8. The third-order valence-electron chi connectivity index (χ3n) is 7.93. The second kappa shape index (κ2) is 11.7. The van der Waals surface area contributed by atoms with Crippen LogP contribution in [0.2, 0.25) is 0 Å². The molecule has 1 atom stereocenters. The van der Waals surface area contributed by atoms with Gasteiger partial charge in [0.1, 0.15) is 16.7 Å². The van der Waals surface area contributed by atoms with Gasteiger partial charge in [0, 0.05) is 42.8 Å². The topological polar surface area (TPSA) is 97.2 Å². The number of carbonyl (C=O) groups excluding carboxylic acids is 1. The Bertz CT molecular complexity index is 1430. The molecule has 2 N–H and O–H groups in total. The number of aromatic nitrogens is 4. The van der Waals surface area contributed by atoms with Gasteiger partial charge in [0.05, 0.1) is 17.6 Å². The van der Waals surface area contributed by atoms with Gasteiger partial charge in [-0.05, 0) is 69.7 Å². The number of halogens is 3. The van der Waals surface area contributed by atoms with E-state index in [0.717, 1.165) is 64.0 Å². The normalized spacial score (nSPS) is 19.3. The van der Waals surface area contributed by atoms with Crippen LogP contribution < -0.4 is 19.7 Å². The van der Waals surface area contributed by atoms with Crippen molar-refractivity contribution in [2.24, 2.45) is 11.3 Å². The second-order valence-corrected chi connectivity index (χ2v) is 12.9. The molecule has 4 bridgehead atoms. The number of nitrogens with zero attached hydrogens (tertiary/aromatic N) is 5. The Morgan fingerprint density at radius 2 is 1.95 bits per heavy atom. The fourth-order valence-electron chi connectivity index (χ4n) is 5.30. The highest BCUT2D eigenvalue weighted by Crippen LogP contribution is 2.41. The molecule has 0 saturated carbocycles. The Morgan fingerprint density at radius 1 is 1.14 bits per heavy atom. The average Bonchev–Trinajstić information content (AvgIpc) is 3.52. The summed E-state index contributed by atoms with van der Waals surface area (Å²) in [6, 6.07) is 10.7. The van der Waals surface area contributed by atoms with Gasteiger partial charge in [-0.2, -0.15) is 13.2 Å². The lowest BCUT2D eigenvalue weighted by atomic mass is 9.89. The zero-order valence-electron chi connectivity index (χ0n) is 24.2. The standard InChI is InChI=1S/C29H36F3N7O2S/c1-27(2,29(30,31)32)13-16-41-23-12-15-39(36-23)22-11-10-20-25(35-22)38-18-19(17-28(38,3)4)7-6-14-33-21-8-5-9-24(34-21)42-37-26(20)40/h5,8-12,15,19H,6-7,13-14,16-18H2,1-4H3,(H,33,34)(H,37,40)/t19-/m0/s1. The lowest BCUT2D eigenvalue weighted by Gasteiger charge is -2.34. The fourth-order valence-corrected chi connectivity index (χ4v) is 5.90. The van der Waals surface area contributed by atoms with Crippen LogP contribution in [0.5, 0.6) is 5.88 Å². The Morgan fingerprint density at radius 3 is 2.74 bits per heavy atom. The van der Waals surface area contributed by atoms with Gasteiger partial charge in [-0.1, -0.05) is 19.9 Å². The first-order valence-electron chi connectivity index (χ1n) is 14.0. The van der Waals surface area contributed by atoms with E-state index in [0.29, 0.717) is 28.1 Å². The number of hydrogen-bond acceptors (Lipinski definition) is 8. The summed E-state index contributed by atoms with van der Waals surface area (Å²) in [6.45, 7) is 8.06. The highest BCUT2D eigenvalue weighted by atomic mass is 32.2. The molecule has 2 aliphatic rings. The first kappa shape index (κ1) is 30.0. The molecule has 2 aliphatic heterocycles. The van der Waals surface area contributed by atoms with Crippen molar-refractivity contribution in [1.29, 1.82) is 0 Å². The molecular weight excluding hydrogens is 567 g/mol. The van der Waals surface area contributed by atoms with Crippen molar-refractivity contribution >= 4 is 29.5 Å². The van der Waals surface area contributed by atoms with E-state index in [4.69, 9.17) is 9.72 Å². The Labute approximate surface area is 247 Å². The van der Waals surface area contributed by atoms with E-state index >= 15 is 0 Å². The smallest absolute Gasteiger partial charge is 0.394 e. The van der Waals surface area contributed by atoms with Crippen molar-refractivity contribution in [3.8, 4) is 11.7 Å². The molecule has 1 fully saturated rings. The number of amides is 1. The molecule has 3 aromatic heterocycles. The summed E-state index contributed by atoms with van der Waals surface area (Å²) < 4.78 is 49.5. The predicted octanol–water partition coefficient (Wildman–Crippen LogP) is 6.27. The maximum Gasteiger partial charge on any atom is 0.394 e. The molecule has 1 amide bonds. The van der Waals surface area contributed by atoms with Gasteiger partial charge in [-0.15, -0.1) is 5.10 Å². The SMILES string of the molecule is CC1(C)C[C@@H]2CCCNc3cccc(n3)SNC(=O)c3ccc(-n4ccc(OCCC(C)(C)C(F)(F)F)n4)nc3N1C2. The van der Waals surface area contributed by atoms with Crippen LogP contribution >= 0.6 is 11.9 Å². The van der Waals surface area contributed by atoms with Crippen LogP contribution in [0.1, 0.15) is 63.7 Å². The van der Waals surface area contributed by atoms with Gasteiger partial charge in [0.15, 0.2) is 5.82 Å². The van der Waals surface area contributed by atoms with Gasteiger partial charge in [0.25, 0.3) is 5.91 Å². The summed E-state index contributed by atoms with van der Waals surface area (Å²) in [5, 5.41) is 8.44. The van der Waals surface area contributed by atoms with Gasteiger partial charge in [0.2, 0.25) is 5.88 Å². The molecule has 0 radical (unpaired) electrons. The molecule has 13 heteroatoms. The average molecular weight is 604 g/mol. The molecule has 5 heterocycles. The van der Waals surface area contributed by atoms with E-state index in [1.807, 2.05) is 18.2 Å². The van der Waals surface area contributed by atoms with Crippen LogP contribution in [0.25, 0.3) is 5.82 Å². The molecule has 1 saturated heterocycles. The highest BCUT2D eigenvalue weighted by Gasteiger charge is 2.47. The molecule has 3 aromatic rings. The molecule has 226 valence electrons. The van der Waals surface area contributed by atoms with Gasteiger partial charge in [-0.3, -0.25) is 9.52 Å². The molecule has 9 nitrogen and oxygen atoms in total. The Kier molecular flexibility index (Phi) is 8.32. The van der Waals surface area contributed by atoms with E-state index in [2.05, 4.69) is 38.9 Å². The summed E-state index contributed by atoms with van der Waals surface area (Å²) in [5.74, 6) is 2.13. The number of pyridine rings is 2. The van der Waals surface area contributed by atoms with Crippen LogP contribution in [0.15, 0.2) is 47.6 Å². The number of carbonyl (C=O) groups is 1. The number of alkyl halides is 3. The first-order valence-corrected chi connectivity index (χ1v) is 14.9. The van der Waals surface area contributed by atoms with Crippen LogP contribution in [-0.4, -0.2) is 57.1 Å². The Hall–Kier alpha value is -3.48. The maximum absolute atomic E-state index is 13.5. The van der Waals surface area contributed by atoms with E-state index in [1.54, 1.807) is 24.4 Å². The molecule has 0 aliphatic carbocycles. The van der Waals surface area contributed by atoms with Crippen molar-refractivity contribution in [3.63, 3.8) is 0 Å². The number of nitrogens with one attached hydrogen (secondary N) is 2. The van der Waals surface area contributed by atoms with E-state index in [-0.39, 0.29) is 30.4 Å². The van der Waals surface area contributed by atoms with E-state index < -0.39 is 11.6 Å². The van der Waals surface area contributed by atoms with Crippen LogP contribution in [0, 0.1) is 11.3 Å². The van der Waals surface area contributed by atoms with Crippen molar-refractivity contribution in [2.75, 3.05) is 29.9 Å². The van der Waals surface area contributed by atoms with Crippen molar-refractivity contribution < 1.29 is 22.7 Å². The molecule has 0 unspecified atom stereocenters. The van der Waals surface area contributed by atoms with Crippen molar-refractivity contribution in [1.82, 2.24) is 24.5 Å². The lowest BCUT2D eigenvalue weighted by Crippen LogP contribution is -2.40. The van der Waals surface area contributed by atoms with E-state index in [1.165, 1.54) is 4.68 Å². The fraction of sp³-hybridized carbons (Fsp3) is 0.517. The van der Waals surface area contributed by atoms with Crippen LogP contribution in [-0.2, 0) is 0 Å². The van der Waals surface area contributed by atoms with Crippen LogP contribution in [0.3, 0.4) is 0 Å². The number of ether oxygens (including phenoxy) is 1. The number of rotatable bonds is 5. The van der Waals surface area contributed by atoms with Crippen molar-refractivity contribution in [2.45, 2.75) is 70.1 Å². The summed E-state index contributed by atoms with van der Waals surface area (Å²) >= 11 is 1.15. The quantitative estimate of drug-likeness (QED) is 0.330. The largest absolute Gasteiger partial charge is 0.477 e. The van der Waals surface area contributed by atoms with Crippen molar-refractivity contribution in [3.05, 3.63) is 48.2 Å². The monoisotopic (exact) mass is 603 g/mol. The minimum Gasteiger partial charge on any atom is -0.477 e. The summed E-state index contributed by atoms with van der Waals surface area (Å²) in [6.07, 6.45) is 0.0870. The summed E-state index contributed by atoms with van der Waals surface area (Å²) in [7, 11) is 0. The number of fused-ring (bicyclic) bond motifs is 6. The lowest BCUT2D eigenvalue weighted by molar-refractivity contribution is -0.215. The second-order valence-electron chi connectivity index (χ2n) is 12.1. The predicted molar refractivity (Wildman–Crippen MR) is 156 cm³/mol. The molecular formula is C29H36F3N7O2S. The zero-order valence-corrected chi connectivity index (χ0v) is 25.0. The van der Waals surface area contributed by atoms with E-state index in [9.17, 15) is 18.0 Å². The molecule has 0 spiro atoms. The third kappa shape index (κ3) is 6.61. The van der Waals surface area contributed by atoms with Crippen LogP contribution in [0.4, 0.5) is 24.8 Å². The summed E-state index contributed by atoms with van der Waals surface area (Å²) in [4.78, 5) is 25.2. The summed E-state index contributed by atoms with van der Waals surface area (Å²) in [5.41, 5.74) is -1.67.